The van der Waals surface area contributed by atoms with Crippen molar-refractivity contribution in [1.82, 2.24) is 4.57 Å². The standard InChI is InChI=1S/C24H21ClN4O3/c1-14-8-9-20(12-23(14)29(31)32)28-15(2)10-18(17(28)4)11-19(13-26)24(30)27-22-7-5-6-21(25)16(22)3/h5-12H,1-4H3,(H,27,30)/b19-11-. The van der Waals surface area contributed by atoms with Crippen LogP contribution in [-0.4, -0.2) is 15.4 Å². The molecule has 0 aliphatic rings. The molecule has 1 amide bonds. The highest BCUT2D eigenvalue weighted by Gasteiger charge is 2.17. The zero-order chi connectivity index (χ0) is 23.6. The minimum Gasteiger partial charge on any atom is -0.321 e. The van der Waals surface area contributed by atoms with E-state index in [4.69, 9.17) is 11.6 Å². The molecule has 0 saturated heterocycles. The monoisotopic (exact) mass is 448 g/mol. The fourth-order valence-corrected chi connectivity index (χ4v) is 3.68. The minimum absolute atomic E-state index is 0.0288. The van der Waals surface area contributed by atoms with Crippen LogP contribution in [0.15, 0.2) is 48.0 Å². The van der Waals surface area contributed by atoms with Gasteiger partial charge in [-0.25, -0.2) is 0 Å². The summed E-state index contributed by atoms with van der Waals surface area (Å²) in [5.41, 5.74) is 4.63. The lowest BCUT2D eigenvalue weighted by atomic mass is 10.1. The van der Waals surface area contributed by atoms with E-state index in [-0.39, 0.29) is 11.3 Å². The molecule has 0 saturated carbocycles. The van der Waals surface area contributed by atoms with Gasteiger partial charge < -0.3 is 9.88 Å². The van der Waals surface area contributed by atoms with Gasteiger partial charge in [0.25, 0.3) is 11.6 Å². The molecule has 0 atom stereocenters. The third kappa shape index (κ3) is 4.41. The molecular weight excluding hydrogens is 428 g/mol. The van der Waals surface area contributed by atoms with E-state index < -0.39 is 10.8 Å². The van der Waals surface area contributed by atoms with Gasteiger partial charge in [0.1, 0.15) is 11.6 Å². The van der Waals surface area contributed by atoms with Crippen molar-refractivity contribution in [3.63, 3.8) is 0 Å². The van der Waals surface area contributed by atoms with Crippen LogP contribution in [0.4, 0.5) is 11.4 Å². The number of halogens is 1. The molecule has 32 heavy (non-hydrogen) atoms. The van der Waals surface area contributed by atoms with Crippen LogP contribution in [0.3, 0.4) is 0 Å². The number of hydrogen-bond donors (Lipinski definition) is 1. The molecular formula is C24H21ClN4O3. The van der Waals surface area contributed by atoms with E-state index in [0.29, 0.717) is 33.1 Å². The Morgan fingerprint density at radius 2 is 1.91 bits per heavy atom. The second-order valence-corrected chi connectivity index (χ2v) is 7.83. The molecule has 7 nitrogen and oxygen atoms in total. The lowest BCUT2D eigenvalue weighted by Crippen LogP contribution is -2.14. The van der Waals surface area contributed by atoms with Gasteiger partial charge in [-0.3, -0.25) is 14.9 Å². The highest BCUT2D eigenvalue weighted by atomic mass is 35.5. The van der Waals surface area contributed by atoms with Gasteiger partial charge in [0.05, 0.1) is 10.6 Å². The third-order valence-corrected chi connectivity index (χ3v) is 5.71. The molecule has 8 heteroatoms. The molecule has 2 aromatic carbocycles. The third-order valence-electron chi connectivity index (χ3n) is 5.30. The molecule has 0 spiro atoms. The number of nitro benzene ring substituents is 1. The summed E-state index contributed by atoms with van der Waals surface area (Å²) >= 11 is 6.10. The van der Waals surface area contributed by atoms with Crippen LogP contribution >= 0.6 is 11.6 Å². The van der Waals surface area contributed by atoms with Gasteiger partial charge in [-0.15, -0.1) is 0 Å². The molecule has 0 bridgehead atoms. The second-order valence-electron chi connectivity index (χ2n) is 7.43. The van der Waals surface area contributed by atoms with E-state index in [1.54, 1.807) is 44.2 Å². The average Bonchev–Trinajstić information content (AvgIpc) is 3.02. The first kappa shape index (κ1) is 22.8. The Morgan fingerprint density at radius 3 is 2.56 bits per heavy atom. The zero-order valence-corrected chi connectivity index (χ0v) is 18.8. The summed E-state index contributed by atoms with van der Waals surface area (Å²) in [6, 6.07) is 13.9. The number of carbonyl (C=O) groups excluding carboxylic acids is 1. The molecule has 0 aliphatic carbocycles. The van der Waals surface area contributed by atoms with Crippen LogP contribution in [0.2, 0.25) is 5.02 Å². The first-order valence-corrected chi connectivity index (χ1v) is 10.1. The van der Waals surface area contributed by atoms with Gasteiger partial charge in [0.2, 0.25) is 0 Å². The molecule has 162 valence electrons. The molecule has 0 radical (unpaired) electrons. The Bertz CT molecular complexity index is 1320. The van der Waals surface area contributed by atoms with Crippen LogP contribution < -0.4 is 5.32 Å². The Kier molecular flexibility index (Phi) is 6.47. The molecule has 3 aromatic rings. The SMILES string of the molecule is Cc1ccc(-n2c(C)cc(/C=C(/C#N)C(=O)Nc3cccc(Cl)c3C)c2C)cc1[N+](=O)[O-]. The number of benzene rings is 2. The van der Waals surface area contributed by atoms with Crippen LogP contribution in [0.1, 0.15) is 28.1 Å². The fraction of sp³-hybridized carbons (Fsp3) is 0.167. The Labute approximate surface area is 190 Å². The van der Waals surface area contributed by atoms with Gasteiger partial charge in [0, 0.05) is 33.7 Å². The van der Waals surface area contributed by atoms with Gasteiger partial charge in [-0.05, 0) is 69.2 Å². The molecule has 1 heterocycles. The minimum atomic E-state index is -0.548. The Balaban J connectivity index is 1.99. The summed E-state index contributed by atoms with van der Waals surface area (Å²) in [6.45, 7) is 7.16. The first-order chi connectivity index (χ1) is 15.1. The number of nitriles is 1. The number of aromatic nitrogens is 1. The summed E-state index contributed by atoms with van der Waals surface area (Å²) in [7, 11) is 0. The number of aryl methyl sites for hydroxylation is 2. The molecule has 1 N–H and O–H groups in total. The van der Waals surface area contributed by atoms with Crippen molar-refractivity contribution < 1.29 is 9.72 Å². The van der Waals surface area contributed by atoms with Crippen LogP contribution in [0, 0.1) is 49.1 Å². The topological polar surface area (TPSA) is 101 Å². The second kappa shape index (κ2) is 9.08. The maximum Gasteiger partial charge on any atom is 0.274 e. The van der Waals surface area contributed by atoms with E-state index in [1.165, 1.54) is 12.1 Å². The van der Waals surface area contributed by atoms with E-state index >= 15 is 0 Å². The Morgan fingerprint density at radius 1 is 1.19 bits per heavy atom. The lowest BCUT2D eigenvalue weighted by Gasteiger charge is -2.11. The van der Waals surface area contributed by atoms with Crippen LogP contribution in [0.25, 0.3) is 11.8 Å². The number of amides is 1. The number of carbonyl (C=O) groups is 1. The molecule has 3 rings (SSSR count). The number of anilines is 1. The molecule has 0 unspecified atom stereocenters. The Hall–Kier alpha value is -3.89. The summed E-state index contributed by atoms with van der Waals surface area (Å²) in [5.74, 6) is -0.548. The van der Waals surface area contributed by atoms with Crippen molar-refractivity contribution in [1.29, 1.82) is 5.26 Å². The maximum atomic E-state index is 12.7. The number of nitrogens with zero attached hydrogens (tertiary/aromatic N) is 3. The summed E-state index contributed by atoms with van der Waals surface area (Å²) in [5, 5.41) is 24.2. The van der Waals surface area contributed by atoms with Crippen molar-refractivity contribution in [3.05, 3.63) is 91.3 Å². The van der Waals surface area contributed by atoms with Crippen molar-refractivity contribution in [3.8, 4) is 11.8 Å². The molecule has 1 aromatic heterocycles. The van der Waals surface area contributed by atoms with Gasteiger partial charge >= 0.3 is 0 Å². The highest BCUT2D eigenvalue weighted by molar-refractivity contribution is 6.31. The first-order valence-electron chi connectivity index (χ1n) is 9.76. The van der Waals surface area contributed by atoms with Gasteiger partial charge in [0.15, 0.2) is 0 Å². The van der Waals surface area contributed by atoms with E-state index in [2.05, 4.69) is 5.32 Å². The summed E-state index contributed by atoms with van der Waals surface area (Å²) in [6.07, 6.45) is 1.51. The largest absolute Gasteiger partial charge is 0.321 e. The van der Waals surface area contributed by atoms with E-state index in [0.717, 1.165) is 11.4 Å². The zero-order valence-electron chi connectivity index (χ0n) is 18.1. The predicted molar refractivity (Wildman–Crippen MR) is 125 cm³/mol. The number of hydrogen-bond acceptors (Lipinski definition) is 4. The van der Waals surface area contributed by atoms with E-state index in [1.807, 2.05) is 30.6 Å². The van der Waals surface area contributed by atoms with E-state index in [9.17, 15) is 20.2 Å². The van der Waals surface area contributed by atoms with Crippen molar-refractivity contribution >= 4 is 35.0 Å². The quantitative estimate of drug-likeness (QED) is 0.230. The average molecular weight is 449 g/mol. The molecule has 0 fully saturated rings. The number of nitro groups is 1. The smallest absolute Gasteiger partial charge is 0.274 e. The summed E-state index contributed by atoms with van der Waals surface area (Å²) < 4.78 is 1.85. The highest BCUT2D eigenvalue weighted by Crippen LogP contribution is 2.28. The van der Waals surface area contributed by atoms with Gasteiger partial charge in [-0.1, -0.05) is 23.7 Å². The number of nitrogens with one attached hydrogen (secondary N) is 1. The predicted octanol–water partition coefficient (Wildman–Crippen LogP) is 5.82. The van der Waals surface area contributed by atoms with Crippen LogP contribution in [-0.2, 0) is 4.79 Å². The lowest BCUT2D eigenvalue weighted by molar-refractivity contribution is -0.385. The van der Waals surface area contributed by atoms with Gasteiger partial charge in [-0.2, -0.15) is 5.26 Å². The normalized spacial score (nSPS) is 11.2. The van der Waals surface area contributed by atoms with Crippen LogP contribution in [0.5, 0.6) is 0 Å². The molecule has 0 aliphatic heterocycles. The fourth-order valence-electron chi connectivity index (χ4n) is 3.50. The number of rotatable bonds is 5. The maximum absolute atomic E-state index is 12.7. The van der Waals surface area contributed by atoms with Crippen molar-refractivity contribution in [2.24, 2.45) is 0 Å². The van der Waals surface area contributed by atoms with Crippen molar-refractivity contribution in [2.75, 3.05) is 5.32 Å². The summed E-state index contributed by atoms with van der Waals surface area (Å²) in [4.78, 5) is 23.6. The van der Waals surface area contributed by atoms with Crippen molar-refractivity contribution in [2.45, 2.75) is 27.7 Å².